The van der Waals surface area contributed by atoms with E-state index < -0.39 is 0 Å². The number of aromatic hydroxyl groups is 2. The summed E-state index contributed by atoms with van der Waals surface area (Å²) in [5, 5.41) is 21.2. The van der Waals surface area contributed by atoms with E-state index in [2.05, 4.69) is 35.9 Å². The van der Waals surface area contributed by atoms with Crippen molar-refractivity contribution in [2.75, 3.05) is 0 Å². The second-order valence-electron chi connectivity index (χ2n) is 7.03. The number of phenolic OH excluding ortho intramolecular Hbond substituents is 2. The van der Waals surface area contributed by atoms with Crippen LogP contribution in [0, 0.1) is 0 Å². The van der Waals surface area contributed by atoms with E-state index in [1.165, 1.54) is 16.8 Å². The molecule has 1 aliphatic carbocycles. The van der Waals surface area contributed by atoms with E-state index in [1.807, 2.05) is 30.3 Å². The molecular formula is C23H19NO2. The predicted octanol–water partition coefficient (Wildman–Crippen LogP) is 4.94. The van der Waals surface area contributed by atoms with Gasteiger partial charge in [0.05, 0.1) is 5.69 Å². The van der Waals surface area contributed by atoms with E-state index in [0.717, 1.165) is 28.5 Å². The van der Waals surface area contributed by atoms with Gasteiger partial charge in [-0.3, -0.25) is 0 Å². The summed E-state index contributed by atoms with van der Waals surface area (Å²) in [6, 6.07) is 21.7. The molecule has 1 atom stereocenters. The molecule has 0 saturated heterocycles. The Kier molecular flexibility index (Phi) is 3.13. The lowest BCUT2D eigenvalue weighted by atomic mass is 9.77. The summed E-state index contributed by atoms with van der Waals surface area (Å²) < 4.78 is 2.20. The average molecular weight is 341 g/mol. The molecule has 1 unspecified atom stereocenters. The minimum atomic E-state index is 0.186. The zero-order valence-corrected chi connectivity index (χ0v) is 14.5. The highest BCUT2D eigenvalue weighted by atomic mass is 16.3. The maximum Gasteiger partial charge on any atom is 0.116 e. The van der Waals surface area contributed by atoms with Gasteiger partial charge in [-0.25, -0.2) is 0 Å². The molecule has 2 N–H and O–H groups in total. The quantitative estimate of drug-likeness (QED) is 0.515. The van der Waals surface area contributed by atoms with Gasteiger partial charge in [0.25, 0.3) is 0 Å². The molecule has 0 spiro atoms. The number of fused-ring (bicyclic) bond motifs is 5. The molecule has 3 heteroatoms. The van der Waals surface area contributed by atoms with Gasteiger partial charge in [-0.15, -0.1) is 0 Å². The van der Waals surface area contributed by atoms with Gasteiger partial charge in [0.2, 0.25) is 0 Å². The zero-order chi connectivity index (χ0) is 17.8. The van der Waals surface area contributed by atoms with Crippen molar-refractivity contribution in [3.05, 3.63) is 83.4 Å². The largest absolute Gasteiger partial charge is 0.508 e. The second kappa shape index (κ2) is 5.40. The Hall–Kier alpha value is -3.20. The van der Waals surface area contributed by atoms with Gasteiger partial charge in [-0.1, -0.05) is 30.3 Å². The third-order valence-electron chi connectivity index (χ3n) is 5.54. The van der Waals surface area contributed by atoms with Crippen LogP contribution >= 0.6 is 0 Å². The van der Waals surface area contributed by atoms with Gasteiger partial charge in [0, 0.05) is 29.4 Å². The number of hydrogen-bond acceptors (Lipinski definition) is 2. The van der Waals surface area contributed by atoms with E-state index in [0.29, 0.717) is 5.75 Å². The van der Waals surface area contributed by atoms with Crippen LogP contribution < -0.4 is 0 Å². The Balaban J connectivity index is 1.89. The molecule has 1 heterocycles. The lowest BCUT2D eigenvalue weighted by Crippen LogP contribution is -2.13. The fourth-order valence-electron chi connectivity index (χ4n) is 4.41. The highest BCUT2D eigenvalue weighted by molar-refractivity contribution is 5.95. The van der Waals surface area contributed by atoms with Crippen LogP contribution in [0.4, 0.5) is 0 Å². The van der Waals surface area contributed by atoms with Crippen molar-refractivity contribution in [2.45, 2.75) is 12.3 Å². The summed E-state index contributed by atoms with van der Waals surface area (Å²) in [5.74, 6) is 0.774. The summed E-state index contributed by atoms with van der Waals surface area (Å²) >= 11 is 0. The molecule has 0 amide bonds. The fraction of sp³-hybridized carbons (Fsp3) is 0.130. The number of benzene rings is 3. The van der Waals surface area contributed by atoms with Crippen molar-refractivity contribution >= 4 is 10.9 Å². The molecule has 0 radical (unpaired) electrons. The van der Waals surface area contributed by atoms with Crippen LogP contribution in [-0.2, 0) is 13.5 Å². The van der Waals surface area contributed by atoms with E-state index in [-0.39, 0.29) is 11.7 Å². The number of aromatic nitrogens is 1. The van der Waals surface area contributed by atoms with E-state index in [9.17, 15) is 10.2 Å². The van der Waals surface area contributed by atoms with Gasteiger partial charge in [0.1, 0.15) is 11.5 Å². The molecule has 1 aromatic heterocycles. The Labute approximate surface area is 151 Å². The Morgan fingerprint density at radius 2 is 1.62 bits per heavy atom. The molecule has 4 aromatic rings. The van der Waals surface area contributed by atoms with E-state index in [4.69, 9.17) is 0 Å². The standard InChI is InChI=1S/C23H19NO2/c1-24-21-10-8-17(26)13-20(21)22-19(14-5-3-2-4-6-14)12-15-11-16(25)7-9-18(15)23(22)24/h2-11,13,19,25-26H,12H2,1H3. The van der Waals surface area contributed by atoms with Crippen LogP contribution in [0.3, 0.4) is 0 Å². The maximum absolute atomic E-state index is 10.1. The molecule has 0 bridgehead atoms. The van der Waals surface area contributed by atoms with Crippen LogP contribution in [-0.4, -0.2) is 14.8 Å². The summed E-state index contributed by atoms with van der Waals surface area (Å²) in [7, 11) is 2.07. The highest BCUT2D eigenvalue weighted by Gasteiger charge is 2.31. The Morgan fingerprint density at radius 1 is 0.885 bits per heavy atom. The fourth-order valence-corrected chi connectivity index (χ4v) is 4.41. The predicted molar refractivity (Wildman–Crippen MR) is 104 cm³/mol. The lowest BCUT2D eigenvalue weighted by molar-refractivity contribution is 0.474. The third-order valence-corrected chi connectivity index (χ3v) is 5.54. The third kappa shape index (κ3) is 2.07. The molecule has 0 saturated carbocycles. The lowest BCUT2D eigenvalue weighted by Gasteiger charge is -2.27. The zero-order valence-electron chi connectivity index (χ0n) is 14.5. The first-order chi connectivity index (χ1) is 12.6. The van der Waals surface area contributed by atoms with Crippen LogP contribution in [0.15, 0.2) is 66.7 Å². The SMILES string of the molecule is Cn1c2c(c3cc(O)ccc31)C(c1ccccc1)Cc1cc(O)ccc1-2. The number of aryl methyl sites for hydroxylation is 1. The summed E-state index contributed by atoms with van der Waals surface area (Å²) in [4.78, 5) is 0. The molecule has 3 nitrogen and oxygen atoms in total. The van der Waals surface area contributed by atoms with Gasteiger partial charge in [-0.05, 0) is 59.5 Å². The molecule has 128 valence electrons. The second-order valence-corrected chi connectivity index (χ2v) is 7.03. The molecule has 1 aliphatic rings. The van der Waals surface area contributed by atoms with Crippen molar-refractivity contribution in [1.29, 1.82) is 0 Å². The summed E-state index contributed by atoms with van der Waals surface area (Å²) in [6.45, 7) is 0. The number of nitrogens with zero attached hydrogens (tertiary/aromatic N) is 1. The molecule has 0 fully saturated rings. The molecule has 0 aliphatic heterocycles. The molecule has 5 rings (SSSR count). The average Bonchev–Trinajstić information content (AvgIpc) is 2.94. The first kappa shape index (κ1) is 15.1. The van der Waals surface area contributed by atoms with Gasteiger partial charge in [0.15, 0.2) is 0 Å². The molecule has 26 heavy (non-hydrogen) atoms. The van der Waals surface area contributed by atoms with Gasteiger partial charge in [-0.2, -0.15) is 0 Å². The maximum atomic E-state index is 10.1. The van der Waals surface area contributed by atoms with Crippen molar-refractivity contribution in [2.24, 2.45) is 7.05 Å². The van der Waals surface area contributed by atoms with Crippen LogP contribution in [0.2, 0.25) is 0 Å². The number of hydrogen-bond donors (Lipinski definition) is 2. The Morgan fingerprint density at radius 3 is 2.42 bits per heavy atom. The minimum Gasteiger partial charge on any atom is -0.508 e. The normalized spacial score (nSPS) is 15.7. The summed E-state index contributed by atoms with van der Waals surface area (Å²) in [6.07, 6.45) is 0.829. The van der Waals surface area contributed by atoms with Crippen molar-refractivity contribution in [3.8, 4) is 22.8 Å². The Bertz CT molecular complexity index is 1140. The monoisotopic (exact) mass is 341 g/mol. The summed E-state index contributed by atoms with van der Waals surface area (Å²) in [5.41, 5.74) is 7.08. The molecule has 3 aromatic carbocycles. The first-order valence-electron chi connectivity index (χ1n) is 8.82. The smallest absolute Gasteiger partial charge is 0.116 e. The highest BCUT2D eigenvalue weighted by Crippen LogP contribution is 2.48. The first-order valence-corrected chi connectivity index (χ1v) is 8.82. The van der Waals surface area contributed by atoms with E-state index >= 15 is 0 Å². The van der Waals surface area contributed by atoms with Crippen LogP contribution in [0.1, 0.15) is 22.6 Å². The van der Waals surface area contributed by atoms with Crippen molar-refractivity contribution < 1.29 is 10.2 Å². The van der Waals surface area contributed by atoms with Crippen molar-refractivity contribution in [1.82, 2.24) is 4.57 Å². The van der Waals surface area contributed by atoms with E-state index in [1.54, 1.807) is 12.1 Å². The van der Waals surface area contributed by atoms with Crippen LogP contribution in [0.5, 0.6) is 11.5 Å². The number of phenols is 2. The van der Waals surface area contributed by atoms with Crippen molar-refractivity contribution in [3.63, 3.8) is 0 Å². The van der Waals surface area contributed by atoms with Gasteiger partial charge < -0.3 is 14.8 Å². The van der Waals surface area contributed by atoms with Gasteiger partial charge >= 0.3 is 0 Å². The number of rotatable bonds is 1. The minimum absolute atomic E-state index is 0.186. The van der Waals surface area contributed by atoms with Crippen LogP contribution in [0.25, 0.3) is 22.2 Å². The topological polar surface area (TPSA) is 45.4 Å². The molecular weight excluding hydrogens is 322 g/mol.